The van der Waals surface area contributed by atoms with Gasteiger partial charge < -0.3 is 4.74 Å². The first kappa shape index (κ1) is 17.2. The first-order chi connectivity index (χ1) is 12.8. The van der Waals surface area contributed by atoms with Crippen LogP contribution in [0.3, 0.4) is 0 Å². The van der Waals surface area contributed by atoms with Gasteiger partial charge in [0, 0.05) is 12.1 Å². The molecule has 0 aliphatic heterocycles. The molecule has 4 rings (SSSR count). The zero-order valence-electron chi connectivity index (χ0n) is 14.9. The van der Waals surface area contributed by atoms with Crippen LogP contribution in [0.15, 0.2) is 53.7 Å². The summed E-state index contributed by atoms with van der Waals surface area (Å²) in [6, 6.07) is 16.2. The van der Waals surface area contributed by atoms with E-state index in [0.717, 1.165) is 46.9 Å². The number of carbonyl (C=O) groups excluding carboxylic acids is 1. The van der Waals surface area contributed by atoms with Crippen molar-refractivity contribution in [3.05, 3.63) is 48.5 Å². The van der Waals surface area contributed by atoms with Crippen molar-refractivity contribution in [2.24, 2.45) is 0 Å². The summed E-state index contributed by atoms with van der Waals surface area (Å²) in [4.78, 5) is 17.1. The quantitative estimate of drug-likeness (QED) is 0.635. The maximum Gasteiger partial charge on any atom is 0.174 e. The van der Waals surface area contributed by atoms with Gasteiger partial charge in [-0.2, -0.15) is 0 Å². The number of benzene rings is 2. The third-order valence-electron chi connectivity index (χ3n) is 4.68. The van der Waals surface area contributed by atoms with Crippen molar-refractivity contribution in [1.29, 1.82) is 0 Å². The summed E-state index contributed by atoms with van der Waals surface area (Å²) in [7, 11) is 0. The number of hydrogen-bond acceptors (Lipinski definition) is 4. The molecule has 1 saturated carbocycles. The first-order valence-electron chi connectivity index (χ1n) is 9.16. The molecule has 134 valence electrons. The van der Waals surface area contributed by atoms with Crippen molar-refractivity contribution in [1.82, 2.24) is 9.55 Å². The molecule has 1 aliphatic carbocycles. The molecule has 0 N–H and O–H groups in total. The molecule has 0 radical (unpaired) electrons. The number of Topliss-reactive ketones (excluding diaryl/α,β-unsaturated/α-hetero) is 1. The Balaban J connectivity index is 1.75. The van der Waals surface area contributed by atoms with E-state index in [4.69, 9.17) is 9.72 Å². The number of para-hydroxylation sites is 2. The molecule has 1 atom stereocenters. The zero-order chi connectivity index (χ0) is 17.9. The van der Waals surface area contributed by atoms with Gasteiger partial charge in [-0.3, -0.25) is 9.36 Å². The van der Waals surface area contributed by atoms with Crippen molar-refractivity contribution in [3.8, 4) is 11.4 Å². The topological polar surface area (TPSA) is 44.1 Å². The Bertz CT molecular complexity index is 917. The Morgan fingerprint density at radius 3 is 2.73 bits per heavy atom. The van der Waals surface area contributed by atoms with Crippen LogP contribution in [0.2, 0.25) is 0 Å². The number of ether oxygens (including phenoxy) is 1. The number of nitrogens with zero attached hydrogens (tertiary/aromatic N) is 2. The third kappa shape index (κ3) is 3.36. The maximum atomic E-state index is 12.3. The van der Waals surface area contributed by atoms with Crippen LogP contribution in [0.1, 0.15) is 32.6 Å². The van der Waals surface area contributed by atoms with Gasteiger partial charge in [-0.05, 0) is 56.2 Å². The Labute approximate surface area is 157 Å². The smallest absolute Gasteiger partial charge is 0.174 e. The largest absolute Gasteiger partial charge is 0.494 e. The van der Waals surface area contributed by atoms with E-state index in [9.17, 15) is 4.79 Å². The van der Waals surface area contributed by atoms with Crippen LogP contribution in [-0.4, -0.2) is 27.2 Å². The van der Waals surface area contributed by atoms with Crippen molar-refractivity contribution in [3.63, 3.8) is 0 Å². The van der Waals surface area contributed by atoms with Gasteiger partial charge in [-0.1, -0.05) is 30.3 Å². The summed E-state index contributed by atoms with van der Waals surface area (Å²) in [5.41, 5.74) is 3.04. The van der Waals surface area contributed by atoms with Gasteiger partial charge in [0.1, 0.15) is 11.5 Å². The zero-order valence-corrected chi connectivity index (χ0v) is 15.7. The highest BCUT2D eigenvalue weighted by molar-refractivity contribution is 8.00. The van der Waals surface area contributed by atoms with Crippen molar-refractivity contribution in [2.75, 3.05) is 6.61 Å². The standard InChI is InChI=1S/C21H22N2O2S/c1-2-25-16-13-11-15(12-14-16)23-18-8-4-3-7-17(18)22-21(23)26-20-10-6-5-9-19(20)24/h3-4,7-8,11-14,20H,2,5-6,9-10H2,1H3/t20-/m1/s1. The van der Waals surface area contributed by atoms with Gasteiger partial charge in [0.2, 0.25) is 0 Å². The number of ketones is 1. The molecule has 0 amide bonds. The molecule has 0 saturated heterocycles. The Kier molecular flexibility index (Phi) is 4.98. The fourth-order valence-corrected chi connectivity index (χ4v) is 4.64. The number of thioether (sulfide) groups is 1. The minimum atomic E-state index is 0.0158. The molecule has 5 heteroatoms. The molecule has 0 bridgehead atoms. The minimum Gasteiger partial charge on any atom is -0.494 e. The molecule has 26 heavy (non-hydrogen) atoms. The van der Waals surface area contributed by atoms with Crippen LogP contribution >= 0.6 is 11.8 Å². The fourth-order valence-electron chi connectivity index (χ4n) is 3.39. The molecular weight excluding hydrogens is 344 g/mol. The summed E-state index contributed by atoms with van der Waals surface area (Å²) < 4.78 is 7.71. The lowest BCUT2D eigenvalue weighted by atomic mass is 9.99. The number of aromatic nitrogens is 2. The van der Waals surface area contributed by atoms with E-state index < -0.39 is 0 Å². The fraction of sp³-hybridized carbons (Fsp3) is 0.333. The summed E-state index contributed by atoms with van der Waals surface area (Å²) in [6.07, 6.45) is 3.77. The first-order valence-corrected chi connectivity index (χ1v) is 10.0. The number of fused-ring (bicyclic) bond motifs is 1. The van der Waals surface area contributed by atoms with E-state index in [-0.39, 0.29) is 5.25 Å². The maximum absolute atomic E-state index is 12.3. The number of hydrogen-bond donors (Lipinski definition) is 0. The number of rotatable bonds is 5. The molecule has 1 aromatic heterocycles. The average molecular weight is 366 g/mol. The minimum absolute atomic E-state index is 0.0158. The van der Waals surface area contributed by atoms with Gasteiger partial charge in [0.15, 0.2) is 5.16 Å². The summed E-state index contributed by atoms with van der Waals surface area (Å²) in [6.45, 7) is 2.63. The Morgan fingerprint density at radius 1 is 1.15 bits per heavy atom. The molecule has 1 aliphatic rings. The van der Waals surface area contributed by atoms with E-state index >= 15 is 0 Å². The lowest BCUT2D eigenvalue weighted by Crippen LogP contribution is -2.21. The molecule has 0 unspecified atom stereocenters. The van der Waals surface area contributed by atoms with Crippen LogP contribution in [0, 0.1) is 0 Å². The van der Waals surface area contributed by atoms with E-state index in [2.05, 4.69) is 10.6 Å². The van der Waals surface area contributed by atoms with Crippen LogP contribution in [0.5, 0.6) is 5.75 Å². The summed E-state index contributed by atoms with van der Waals surface area (Å²) in [5.74, 6) is 1.21. The van der Waals surface area contributed by atoms with Gasteiger partial charge in [-0.15, -0.1) is 0 Å². The summed E-state index contributed by atoms with van der Waals surface area (Å²) >= 11 is 1.61. The highest BCUT2D eigenvalue weighted by atomic mass is 32.2. The van der Waals surface area contributed by atoms with Gasteiger partial charge >= 0.3 is 0 Å². The van der Waals surface area contributed by atoms with E-state index in [1.165, 1.54) is 0 Å². The van der Waals surface area contributed by atoms with E-state index in [0.29, 0.717) is 18.8 Å². The third-order valence-corrected chi connectivity index (χ3v) is 5.95. The normalized spacial score (nSPS) is 17.6. The van der Waals surface area contributed by atoms with Crippen molar-refractivity contribution in [2.45, 2.75) is 43.0 Å². The van der Waals surface area contributed by atoms with Crippen LogP contribution in [0.4, 0.5) is 0 Å². The molecule has 1 heterocycles. The van der Waals surface area contributed by atoms with E-state index in [1.807, 2.05) is 49.4 Å². The van der Waals surface area contributed by atoms with Crippen molar-refractivity contribution >= 4 is 28.6 Å². The predicted molar refractivity (Wildman–Crippen MR) is 105 cm³/mol. The molecular formula is C21H22N2O2S. The summed E-state index contributed by atoms with van der Waals surface area (Å²) in [5, 5.41) is 0.901. The second kappa shape index (κ2) is 7.54. The predicted octanol–water partition coefficient (Wildman–Crippen LogP) is 5.03. The number of imidazole rings is 1. The Hall–Kier alpha value is -2.27. The highest BCUT2D eigenvalue weighted by Crippen LogP contribution is 2.35. The van der Waals surface area contributed by atoms with Crippen LogP contribution in [-0.2, 0) is 4.79 Å². The van der Waals surface area contributed by atoms with E-state index in [1.54, 1.807) is 11.8 Å². The SMILES string of the molecule is CCOc1ccc(-n2c(S[C@@H]3CCCCC3=O)nc3ccccc32)cc1. The van der Waals surface area contributed by atoms with Crippen LogP contribution < -0.4 is 4.74 Å². The Morgan fingerprint density at radius 2 is 1.96 bits per heavy atom. The van der Waals surface area contributed by atoms with Gasteiger partial charge in [0.25, 0.3) is 0 Å². The second-order valence-electron chi connectivity index (χ2n) is 6.46. The molecule has 1 fully saturated rings. The number of carbonyl (C=O) groups is 1. The van der Waals surface area contributed by atoms with Crippen molar-refractivity contribution < 1.29 is 9.53 Å². The highest BCUT2D eigenvalue weighted by Gasteiger charge is 2.26. The lowest BCUT2D eigenvalue weighted by Gasteiger charge is -2.20. The molecule has 4 nitrogen and oxygen atoms in total. The monoisotopic (exact) mass is 366 g/mol. The molecule has 2 aromatic carbocycles. The molecule has 3 aromatic rings. The lowest BCUT2D eigenvalue weighted by molar-refractivity contribution is -0.119. The second-order valence-corrected chi connectivity index (χ2v) is 7.63. The van der Waals surface area contributed by atoms with Crippen LogP contribution in [0.25, 0.3) is 16.7 Å². The van der Waals surface area contributed by atoms with Gasteiger partial charge in [-0.25, -0.2) is 4.98 Å². The molecule has 0 spiro atoms. The average Bonchev–Trinajstić information content (AvgIpc) is 3.02. The van der Waals surface area contributed by atoms with Gasteiger partial charge in [0.05, 0.1) is 22.9 Å².